The third-order valence-corrected chi connectivity index (χ3v) is 5.27. The molecule has 4 nitrogen and oxygen atoms in total. The molecule has 2 atom stereocenters. The van der Waals surface area contributed by atoms with E-state index in [-0.39, 0.29) is 12.1 Å². The minimum absolute atomic E-state index is 0.136. The maximum Gasteiger partial charge on any atom is 0.0743 e. The lowest BCUT2D eigenvalue weighted by atomic mass is 9.94. The highest BCUT2D eigenvalue weighted by atomic mass is 16.3. The van der Waals surface area contributed by atoms with Gasteiger partial charge in [-0.2, -0.15) is 0 Å². The second-order valence-corrected chi connectivity index (χ2v) is 8.34. The zero-order valence-corrected chi connectivity index (χ0v) is 16.3. The highest BCUT2D eigenvalue weighted by molar-refractivity contribution is 5.48. The zero-order valence-electron chi connectivity index (χ0n) is 16.3. The highest BCUT2D eigenvalue weighted by Crippen LogP contribution is 2.23. The molecular formula is C21H36N2O2. The first-order valence-corrected chi connectivity index (χ1v) is 9.75. The molecule has 1 fully saturated rings. The van der Waals surface area contributed by atoms with Gasteiger partial charge in [0.25, 0.3) is 0 Å². The van der Waals surface area contributed by atoms with Crippen molar-refractivity contribution in [2.75, 3.05) is 24.5 Å². The summed E-state index contributed by atoms with van der Waals surface area (Å²) in [5, 5.41) is 23.6. The summed E-state index contributed by atoms with van der Waals surface area (Å²) in [7, 11) is 0. The topological polar surface area (TPSA) is 55.7 Å². The summed E-state index contributed by atoms with van der Waals surface area (Å²) >= 11 is 0. The molecule has 0 bridgehead atoms. The molecule has 142 valence electrons. The van der Waals surface area contributed by atoms with Crippen LogP contribution in [0, 0.1) is 5.92 Å². The molecule has 1 aliphatic rings. The van der Waals surface area contributed by atoms with Gasteiger partial charge in [-0.15, -0.1) is 0 Å². The summed E-state index contributed by atoms with van der Waals surface area (Å²) < 4.78 is 0. The second-order valence-electron chi connectivity index (χ2n) is 8.34. The largest absolute Gasteiger partial charge is 0.393 e. The Morgan fingerprint density at radius 3 is 2.32 bits per heavy atom. The van der Waals surface area contributed by atoms with Crippen LogP contribution in [0.25, 0.3) is 0 Å². The summed E-state index contributed by atoms with van der Waals surface area (Å²) in [6, 6.07) is 8.88. The Morgan fingerprint density at radius 1 is 1.16 bits per heavy atom. The van der Waals surface area contributed by atoms with E-state index in [9.17, 15) is 10.2 Å². The maximum absolute atomic E-state index is 10.5. The summed E-state index contributed by atoms with van der Waals surface area (Å²) in [4.78, 5) is 2.34. The van der Waals surface area contributed by atoms with Crippen LogP contribution in [0.3, 0.4) is 0 Å². The molecule has 1 aromatic carbocycles. The van der Waals surface area contributed by atoms with E-state index in [1.54, 1.807) is 0 Å². The smallest absolute Gasteiger partial charge is 0.0743 e. The number of aliphatic hydroxyl groups excluding tert-OH is 1. The SMILES string of the molecule is CC(C)CCC(C)(O)CNC(C)c1ccc(N2CCC(O)CC2)cc1. The normalized spacial score (nSPS) is 19.9. The number of benzene rings is 1. The minimum Gasteiger partial charge on any atom is -0.393 e. The van der Waals surface area contributed by atoms with Gasteiger partial charge in [-0.1, -0.05) is 26.0 Å². The van der Waals surface area contributed by atoms with Gasteiger partial charge in [0.2, 0.25) is 0 Å². The van der Waals surface area contributed by atoms with Crippen LogP contribution in [-0.2, 0) is 0 Å². The lowest BCUT2D eigenvalue weighted by Crippen LogP contribution is -2.39. The lowest BCUT2D eigenvalue weighted by molar-refractivity contribution is 0.0430. The Balaban J connectivity index is 1.84. The van der Waals surface area contributed by atoms with E-state index in [1.165, 1.54) is 11.3 Å². The number of aliphatic hydroxyl groups is 2. The Kier molecular flexibility index (Phi) is 7.29. The van der Waals surface area contributed by atoms with E-state index in [2.05, 4.69) is 55.3 Å². The van der Waals surface area contributed by atoms with Crippen molar-refractivity contribution < 1.29 is 10.2 Å². The van der Waals surface area contributed by atoms with Gasteiger partial charge in [-0.3, -0.25) is 0 Å². The standard InChI is InChI=1S/C21H36N2O2/c1-16(2)9-12-21(4,25)15-22-17(3)18-5-7-19(8-6-18)23-13-10-20(24)11-14-23/h5-8,16-17,20,22,24-25H,9-15H2,1-4H3. The quantitative estimate of drug-likeness (QED) is 0.673. The third-order valence-electron chi connectivity index (χ3n) is 5.27. The molecule has 2 rings (SSSR count). The number of piperidine rings is 1. The van der Waals surface area contributed by atoms with Crippen molar-refractivity contribution in [2.45, 2.75) is 71.1 Å². The maximum atomic E-state index is 10.5. The summed E-state index contributed by atoms with van der Waals surface area (Å²) in [5.74, 6) is 0.618. The fourth-order valence-corrected chi connectivity index (χ4v) is 3.28. The fourth-order valence-electron chi connectivity index (χ4n) is 3.28. The van der Waals surface area contributed by atoms with Gasteiger partial charge in [0, 0.05) is 31.4 Å². The van der Waals surface area contributed by atoms with E-state index >= 15 is 0 Å². The predicted octanol–water partition coefficient (Wildman–Crippen LogP) is 3.49. The molecule has 3 N–H and O–H groups in total. The Hall–Kier alpha value is -1.10. The van der Waals surface area contributed by atoms with Crippen molar-refractivity contribution in [2.24, 2.45) is 5.92 Å². The van der Waals surface area contributed by atoms with Crippen LogP contribution < -0.4 is 10.2 Å². The first kappa shape index (κ1) is 20.2. The number of nitrogens with one attached hydrogen (secondary N) is 1. The van der Waals surface area contributed by atoms with Gasteiger partial charge < -0.3 is 20.4 Å². The van der Waals surface area contributed by atoms with Crippen LogP contribution in [0.15, 0.2) is 24.3 Å². The van der Waals surface area contributed by atoms with E-state index in [1.807, 2.05) is 6.92 Å². The number of hydrogen-bond acceptors (Lipinski definition) is 4. The van der Waals surface area contributed by atoms with Crippen LogP contribution >= 0.6 is 0 Å². The van der Waals surface area contributed by atoms with Crippen LogP contribution in [-0.4, -0.2) is 41.6 Å². The summed E-state index contributed by atoms with van der Waals surface area (Å²) in [6.07, 6.45) is 3.44. The fraction of sp³-hybridized carbons (Fsp3) is 0.714. The number of rotatable bonds is 8. The van der Waals surface area contributed by atoms with E-state index in [4.69, 9.17) is 0 Å². The molecule has 0 aromatic heterocycles. The molecule has 0 saturated carbocycles. The summed E-state index contributed by atoms with van der Waals surface area (Å²) in [6.45, 7) is 10.9. The Bertz CT molecular complexity index is 505. The van der Waals surface area contributed by atoms with Crippen LogP contribution in [0.4, 0.5) is 5.69 Å². The molecule has 0 amide bonds. The lowest BCUT2D eigenvalue weighted by Gasteiger charge is -2.31. The van der Waals surface area contributed by atoms with Crippen molar-refractivity contribution in [3.05, 3.63) is 29.8 Å². The monoisotopic (exact) mass is 348 g/mol. The van der Waals surface area contributed by atoms with Crippen molar-refractivity contribution in [1.82, 2.24) is 5.32 Å². The average molecular weight is 349 g/mol. The Morgan fingerprint density at radius 2 is 1.76 bits per heavy atom. The molecule has 2 unspecified atom stereocenters. The minimum atomic E-state index is -0.660. The molecule has 0 radical (unpaired) electrons. The van der Waals surface area contributed by atoms with Gasteiger partial charge in [0.05, 0.1) is 11.7 Å². The zero-order chi connectivity index (χ0) is 18.4. The third kappa shape index (κ3) is 6.61. The second kappa shape index (κ2) is 9.02. The van der Waals surface area contributed by atoms with Crippen LogP contribution in [0.2, 0.25) is 0 Å². The van der Waals surface area contributed by atoms with Gasteiger partial charge in [-0.05, 0) is 63.1 Å². The number of nitrogens with zero attached hydrogens (tertiary/aromatic N) is 1. The first-order chi connectivity index (χ1) is 11.8. The van der Waals surface area contributed by atoms with E-state index in [0.717, 1.165) is 38.8 Å². The van der Waals surface area contributed by atoms with E-state index in [0.29, 0.717) is 12.5 Å². The molecule has 1 aromatic rings. The molecule has 0 spiro atoms. The Labute approximate surface area is 153 Å². The summed E-state index contributed by atoms with van der Waals surface area (Å²) in [5.41, 5.74) is 1.81. The molecular weight excluding hydrogens is 312 g/mol. The molecule has 1 aliphatic heterocycles. The van der Waals surface area contributed by atoms with Crippen molar-refractivity contribution >= 4 is 5.69 Å². The molecule has 1 saturated heterocycles. The van der Waals surface area contributed by atoms with Crippen LogP contribution in [0.5, 0.6) is 0 Å². The van der Waals surface area contributed by atoms with Crippen molar-refractivity contribution in [3.63, 3.8) is 0 Å². The average Bonchev–Trinajstić information content (AvgIpc) is 2.59. The van der Waals surface area contributed by atoms with Gasteiger partial charge in [-0.25, -0.2) is 0 Å². The van der Waals surface area contributed by atoms with Crippen molar-refractivity contribution in [1.29, 1.82) is 0 Å². The highest BCUT2D eigenvalue weighted by Gasteiger charge is 2.22. The van der Waals surface area contributed by atoms with Gasteiger partial charge in [0.1, 0.15) is 0 Å². The van der Waals surface area contributed by atoms with Crippen LogP contribution in [0.1, 0.15) is 65.0 Å². The number of anilines is 1. The first-order valence-electron chi connectivity index (χ1n) is 9.75. The molecule has 4 heteroatoms. The molecule has 1 heterocycles. The predicted molar refractivity (Wildman–Crippen MR) is 105 cm³/mol. The van der Waals surface area contributed by atoms with E-state index < -0.39 is 5.60 Å². The number of hydrogen-bond donors (Lipinski definition) is 3. The van der Waals surface area contributed by atoms with Crippen molar-refractivity contribution in [3.8, 4) is 0 Å². The van der Waals surface area contributed by atoms with Gasteiger partial charge >= 0.3 is 0 Å². The molecule has 25 heavy (non-hydrogen) atoms. The van der Waals surface area contributed by atoms with Gasteiger partial charge in [0.15, 0.2) is 0 Å². The molecule has 0 aliphatic carbocycles.